The summed E-state index contributed by atoms with van der Waals surface area (Å²) < 4.78 is 151. The molecule has 8 aromatic heterocycles. The summed E-state index contributed by atoms with van der Waals surface area (Å²) in [7, 11) is 10.6. The molecule has 6 fully saturated rings. The topological polar surface area (TPSA) is 443 Å². The van der Waals surface area contributed by atoms with Gasteiger partial charge >= 0.3 is 60.5 Å². The van der Waals surface area contributed by atoms with Gasteiger partial charge in [-0.3, -0.25) is 75.0 Å². The Bertz CT molecular complexity index is 6080. The zero-order valence-corrected chi connectivity index (χ0v) is 81.5. The molecular formula is C90H117F12N25O16. The zero-order valence-electron chi connectivity index (χ0n) is 81.5. The lowest BCUT2D eigenvalue weighted by Gasteiger charge is -2.32. The highest BCUT2D eigenvalue weighted by molar-refractivity contribution is 5.81. The maximum Gasteiger partial charge on any atom is 0.490 e. The number of rotatable bonds is 18. The molecule has 0 spiro atoms. The maximum absolute atomic E-state index is 13.5. The van der Waals surface area contributed by atoms with E-state index in [1.165, 1.54) is 30.3 Å². The van der Waals surface area contributed by atoms with Crippen molar-refractivity contribution >= 4 is 128 Å². The van der Waals surface area contributed by atoms with E-state index in [1.54, 1.807) is 74.6 Å². The van der Waals surface area contributed by atoms with Crippen molar-refractivity contribution < 1.29 is 111 Å². The number of alkyl halides is 12. The summed E-state index contributed by atoms with van der Waals surface area (Å²) in [6.45, 7) is 33.1. The van der Waals surface area contributed by atoms with E-state index in [9.17, 15) is 81.5 Å². The van der Waals surface area contributed by atoms with Gasteiger partial charge in [0.2, 0.25) is 47.6 Å². The van der Waals surface area contributed by atoms with Gasteiger partial charge in [0.05, 0.1) is 51.2 Å². The molecule has 143 heavy (non-hydrogen) atoms. The highest BCUT2D eigenvalue weighted by Crippen LogP contribution is 2.33. The SMILES string of the molecule is CC#CCn1c(N2CCCCC2)nc2nc(N(C)CC)n(C)c(=O)c21.CC#CCn1c(N2CCCCC2)nc2nc(N3CCC[C@@H](C(=O)OCC)C3)n(C)c(=O)c21.CC#CCn1c(N2CCCCC2)nc2nc(N3CCC[C@H](C(=O)OCC)C3)n(C)c(=O)c21.O=C(O)C(F)(F)F.O=C(O)C(F)(F)F.O=C(O)C(F)(F)F.O=C(O)C(F)(F)F.[C-]#[N+]CN(C)c1nc2nc(N3CCCCC3)n(CC#CC)c2c(=O)n1C. The van der Waals surface area contributed by atoms with Gasteiger partial charge in [-0.2, -0.15) is 92.6 Å². The summed E-state index contributed by atoms with van der Waals surface area (Å²) >= 11 is 0. The summed E-state index contributed by atoms with van der Waals surface area (Å²) in [6, 6.07) is 0. The van der Waals surface area contributed by atoms with Crippen molar-refractivity contribution in [2.75, 3.05) is 158 Å². The Morgan fingerprint density at radius 1 is 0.364 bits per heavy atom. The molecule has 6 aliphatic rings. The van der Waals surface area contributed by atoms with Crippen molar-refractivity contribution in [1.82, 2.24) is 76.4 Å². The lowest BCUT2D eigenvalue weighted by atomic mass is 9.98. The van der Waals surface area contributed by atoms with Crippen LogP contribution in [0.2, 0.25) is 0 Å². The van der Waals surface area contributed by atoms with Gasteiger partial charge < -0.3 is 64.2 Å². The number of anilines is 8. The Balaban J connectivity index is 0.000000238. The van der Waals surface area contributed by atoms with Crippen LogP contribution >= 0.6 is 0 Å². The first-order valence-electron chi connectivity index (χ1n) is 45.8. The van der Waals surface area contributed by atoms with Crippen LogP contribution in [0.5, 0.6) is 0 Å². The van der Waals surface area contributed by atoms with Gasteiger partial charge in [0, 0.05) is 127 Å². The van der Waals surface area contributed by atoms with Gasteiger partial charge in [-0.15, -0.1) is 23.7 Å². The second-order valence-electron chi connectivity index (χ2n) is 33.0. The van der Waals surface area contributed by atoms with Crippen LogP contribution in [0.1, 0.15) is 151 Å². The molecule has 0 bridgehead atoms. The molecule has 14 heterocycles. The lowest BCUT2D eigenvalue weighted by Crippen LogP contribution is -2.42. The molecule has 53 heteroatoms. The Hall–Kier alpha value is -14.5. The van der Waals surface area contributed by atoms with E-state index in [-0.39, 0.29) is 52.7 Å². The number of hydrogen-bond acceptors (Lipinski definition) is 28. The normalized spacial score (nSPS) is 15.8. The standard InChI is InChI=1S/2C23H32N6O3.C18H23N7O.C18H26N6O.4C2HF3O2/c2*1-4-6-15-29-18-19(25-23(29)27-12-8-7-9-13-27)24-22(26(3)20(18)30)28-14-10-11-17(16-28)21(31)32-5-2;1-5-6-12-25-14-15(21-18(25)24-10-8-7-9-11-24)20-17(22(3)13-19-2)23(4)16(14)26;1-5-7-13-24-14-15(20-18(24)23-11-9-8-10-12-23)19-17(21(3)6-2)22(4)16(14)25;4*3-2(4,5)1(6)7/h2*17H,5,7-16H2,1-3H3;7-13H2,1,3-4H3;6,8-13H2,1-4H3;4*(H,6,7)/t2*17-;;;;;;/m10....../s1. The number of fused-ring (bicyclic) bond motifs is 4. The Morgan fingerprint density at radius 3 is 0.811 bits per heavy atom. The third kappa shape index (κ3) is 30.5. The van der Waals surface area contributed by atoms with Crippen LogP contribution in [0, 0.1) is 65.8 Å². The molecule has 0 radical (unpaired) electrons. The molecule has 782 valence electrons. The number of carboxylic acid groups (broad SMARTS) is 4. The smallest absolute Gasteiger partial charge is 0.475 e. The summed E-state index contributed by atoms with van der Waals surface area (Å²) in [5.41, 5.74) is 3.26. The summed E-state index contributed by atoms with van der Waals surface area (Å²) in [4.78, 5) is 171. The first-order valence-corrected chi connectivity index (χ1v) is 45.8. The highest BCUT2D eigenvalue weighted by atomic mass is 19.4. The number of ether oxygens (including phenoxy) is 2. The molecule has 8 aromatic rings. The van der Waals surface area contributed by atoms with Crippen LogP contribution in [0.3, 0.4) is 0 Å². The average molecular weight is 2030 g/mol. The fourth-order valence-electron chi connectivity index (χ4n) is 15.9. The summed E-state index contributed by atoms with van der Waals surface area (Å²) in [6.07, 6.45) is -3.18. The van der Waals surface area contributed by atoms with E-state index in [0.717, 1.165) is 173 Å². The third-order valence-corrected chi connectivity index (χ3v) is 23.0. The van der Waals surface area contributed by atoms with Gasteiger partial charge in [-0.05, 0) is 151 Å². The monoisotopic (exact) mass is 2030 g/mol. The number of carboxylic acids is 4. The van der Waals surface area contributed by atoms with E-state index >= 15 is 0 Å². The number of aromatic nitrogens is 16. The van der Waals surface area contributed by atoms with E-state index < -0.39 is 48.6 Å². The van der Waals surface area contributed by atoms with Gasteiger partial charge in [-0.1, -0.05) is 23.7 Å². The predicted molar refractivity (Wildman–Crippen MR) is 506 cm³/mol. The highest BCUT2D eigenvalue weighted by Gasteiger charge is 2.42. The van der Waals surface area contributed by atoms with E-state index in [4.69, 9.17) is 80.6 Å². The van der Waals surface area contributed by atoms with E-state index in [0.29, 0.717) is 121 Å². The van der Waals surface area contributed by atoms with Gasteiger partial charge in [0.25, 0.3) is 28.9 Å². The number of halogens is 12. The minimum Gasteiger partial charge on any atom is -0.475 e. The third-order valence-electron chi connectivity index (χ3n) is 23.0. The van der Waals surface area contributed by atoms with E-state index in [2.05, 4.69) is 86.8 Å². The summed E-state index contributed by atoms with van der Waals surface area (Å²) in [5.74, 6) is 17.4. The number of carbonyl (C=O) groups excluding carboxylic acids is 2. The molecule has 14 rings (SSSR count). The molecule has 0 aliphatic carbocycles. The van der Waals surface area contributed by atoms with Crippen molar-refractivity contribution in [1.29, 1.82) is 0 Å². The first-order chi connectivity index (χ1) is 67.5. The second-order valence-corrected chi connectivity index (χ2v) is 33.0. The number of imidazole rings is 4. The Morgan fingerprint density at radius 2 is 0.587 bits per heavy atom. The van der Waals surface area contributed by atoms with Crippen molar-refractivity contribution in [3.63, 3.8) is 0 Å². The molecule has 2 atom stereocenters. The van der Waals surface area contributed by atoms with Crippen molar-refractivity contribution in [2.24, 2.45) is 40.0 Å². The molecule has 6 aliphatic heterocycles. The van der Waals surface area contributed by atoms with Crippen molar-refractivity contribution in [3.05, 3.63) is 52.8 Å². The predicted octanol–water partition coefficient (Wildman–Crippen LogP) is 9.44. The first kappa shape index (κ1) is 115. The van der Waals surface area contributed by atoms with Crippen LogP contribution in [0.25, 0.3) is 49.5 Å². The van der Waals surface area contributed by atoms with Crippen molar-refractivity contribution in [2.45, 2.75) is 202 Å². The molecule has 0 amide bonds. The molecule has 41 nitrogen and oxygen atoms in total. The fourth-order valence-corrected chi connectivity index (χ4v) is 15.9. The number of nitrogens with zero attached hydrogens (tertiary/aromatic N) is 25. The molecule has 0 aromatic carbocycles. The quantitative estimate of drug-likeness (QED) is 0.0269. The number of carbonyl (C=O) groups is 6. The maximum atomic E-state index is 13.5. The minimum atomic E-state index is -5.08. The Kier molecular flexibility index (Phi) is 42.7. The van der Waals surface area contributed by atoms with Gasteiger partial charge in [-0.25, -0.2) is 25.8 Å². The average Bonchev–Trinajstić information content (AvgIpc) is 1.62. The van der Waals surface area contributed by atoms with Gasteiger partial charge in [0.15, 0.2) is 44.7 Å². The molecule has 0 unspecified atom stereocenters. The summed E-state index contributed by atoms with van der Waals surface area (Å²) in [5, 5.41) is 28.5. The largest absolute Gasteiger partial charge is 0.490 e. The molecule has 0 saturated carbocycles. The lowest BCUT2D eigenvalue weighted by molar-refractivity contribution is -0.193. The van der Waals surface area contributed by atoms with Gasteiger partial charge in [0.1, 0.15) is 0 Å². The van der Waals surface area contributed by atoms with Crippen LogP contribution in [-0.2, 0) is 92.6 Å². The minimum absolute atomic E-state index is 0.0750. The molecule has 6 saturated heterocycles. The number of esters is 2. The van der Waals surface area contributed by atoms with Crippen LogP contribution in [0.4, 0.5) is 100 Å². The fraction of sp³-hybridized carbons (Fsp3) is 0.611. The Labute approximate surface area is 813 Å². The number of aliphatic carboxylic acids is 4. The second kappa shape index (κ2) is 52.8. The van der Waals surface area contributed by atoms with Crippen molar-refractivity contribution in [3.8, 4) is 47.4 Å². The zero-order chi connectivity index (χ0) is 106. The van der Waals surface area contributed by atoms with Crippen LogP contribution in [0.15, 0.2) is 19.2 Å². The number of piperidine rings is 6. The number of hydrogen-bond donors (Lipinski definition) is 4. The molecular weight excluding hydrogens is 1920 g/mol. The molecule has 4 N–H and O–H groups in total. The van der Waals surface area contributed by atoms with Crippen LogP contribution < -0.4 is 61.4 Å². The van der Waals surface area contributed by atoms with Crippen LogP contribution in [-0.4, -0.2) is 276 Å². The van der Waals surface area contributed by atoms with E-state index in [1.807, 2.05) is 67.7 Å².